The molecular weight excluding hydrogens is 243 g/mol. The smallest absolute Gasteiger partial charge is 0.419 e. The summed E-state index contributed by atoms with van der Waals surface area (Å²) in [7, 11) is 0. The minimum atomic E-state index is -4.34. The molecule has 0 aliphatic carbocycles. The summed E-state index contributed by atoms with van der Waals surface area (Å²) in [5, 5.41) is 3.23. The van der Waals surface area contributed by atoms with Crippen molar-refractivity contribution in [2.24, 2.45) is 0 Å². The molecule has 1 aromatic rings. The van der Waals surface area contributed by atoms with Gasteiger partial charge in [0.15, 0.2) is 0 Å². The lowest BCUT2D eigenvalue weighted by Gasteiger charge is -2.32. The van der Waals surface area contributed by atoms with Crippen LogP contribution in [0.15, 0.2) is 18.2 Å². The van der Waals surface area contributed by atoms with Crippen LogP contribution in [0, 0.1) is 0 Å². The van der Waals surface area contributed by atoms with Crippen molar-refractivity contribution in [3.63, 3.8) is 0 Å². The van der Waals surface area contributed by atoms with E-state index in [1.54, 1.807) is 6.07 Å². The van der Waals surface area contributed by atoms with Crippen LogP contribution in [-0.4, -0.2) is 19.7 Å². The van der Waals surface area contributed by atoms with Gasteiger partial charge >= 0.3 is 6.18 Å². The second-order valence-corrected chi connectivity index (χ2v) is 5.00. The van der Waals surface area contributed by atoms with E-state index in [1.807, 2.05) is 0 Å². The molecule has 2 nitrogen and oxygen atoms in total. The lowest BCUT2D eigenvalue weighted by molar-refractivity contribution is -0.138. The Morgan fingerprint density at radius 3 is 2.56 bits per heavy atom. The van der Waals surface area contributed by atoms with Crippen LogP contribution in [0.1, 0.15) is 24.0 Å². The molecule has 1 spiro atoms. The Bertz CT molecular complexity index is 464. The molecule has 0 saturated carbocycles. The van der Waals surface area contributed by atoms with Crippen LogP contribution in [0.3, 0.4) is 0 Å². The minimum Gasteiger partial charge on any atom is -0.492 e. The molecule has 1 N–H and O–H groups in total. The number of benzene rings is 1. The van der Waals surface area contributed by atoms with Gasteiger partial charge in [-0.1, -0.05) is 12.1 Å². The Labute approximate surface area is 103 Å². The number of fused-ring (bicyclic) bond motifs is 2. The molecule has 0 aromatic heterocycles. The third-order valence-corrected chi connectivity index (χ3v) is 3.95. The molecule has 98 valence electrons. The number of para-hydroxylation sites is 1. The maximum Gasteiger partial charge on any atom is 0.419 e. The number of piperidine rings is 1. The molecule has 2 aliphatic heterocycles. The first-order valence-corrected chi connectivity index (χ1v) is 6.07. The summed E-state index contributed by atoms with van der Waals surface area (Å²) in [4.78, 5) is 0. The molecule has 2 aliphatic rings. The number of ether oxygens (including phenoxy) is 1. The van der Waals surface area contributed by atoms with Gasteiger partial charge in [0.05, 0.1) is 12.2 Å². The van der Waals surface area contributed by atoms with Gasteiger partial charge < -0.3 is 10.1 Å². The molecule has 1 saturated heterocycles. The van der Waals surface area contributed by atoms with Gasteiger partial charge in [-0.05, 0) is 32.0 Å². The molecule has 0 atom stereocenters. The van der Waals surface area contributed by atoms with E-state index in [9.17, 15) is 13.2 Å². The van der Waals surface area contributed by atoms with E-state index in [0.29, 0.717) is 6.61 Å². The van der Waals surface area contributed by atoms with Crippen molar-refractivity contribution in [2.75, 3.05) is 19.7 Å². The zero-order chi connectivity index (χ0) is 12.8. The van der Waals surface area contributed by atoms with E-state index in [2.05, 4.69) is 5.32 Å². The van der Waals surface area contributed by atoms with Gasteiger partial charge in [0.1, 0.15) is 5.75 Å². The molecule has 18 heavy (non-hydrogen) atoms. The summed E-state index contributed by atoms with van der Waals surface area (Å²) in [5.74, 6) is 0.0481. The Balaban J connectivity index is 2.08. The molecular formula is C13H14F3NO. The third kappa shape index (κ3) is 1.68. The minimum absolute atomic E-state index is 0.0481. The van der Waals surface area contributed by atoms with Crippen molar-refractivity contribution in [3.8, 4) is 5.75 Å². The average molecular weight is 257 g/mol. The molecule has 1 fully saturated rings. The average Bonchev–Trinajstić information content (AvgIpc) is 2.68. The first-order valence-electron chi connectivity index (χ1n) is 6.07. The largest absolute Gasteiger partial charge is 0.492 e. The van der Waals surface area contributed by atoms with Gasteiger partial charge in [-0.25, -0.2) is 0 Å². The van der Waals surface area contributed by atoms with Crippen LogP contribution >= 0.6 is 0 Å². The van der Waals surface area contributed by atoms with Gasteiger partial charge in [-0.2, -0.15) is 13.2 Å². The Hall–Kier alpha value is -1.23. The highest BCUT2D eigenvalue weighted by Crippen LogP contribution is 2.49. The normalized spacial score (nSPS) is 21.7. The second kappa shape index (κ2) is 3.88. The zero-order valence-corrected chi connectivity index (χ0v) is 9.81. The number of hydrogen-bond donors (Lipinski definition) is 1. The lowest BCUT2D eigenvalue weighted by atomic mass is 9.74. The van der Waals surface area contributed by atoms with Crippen LogP contribution in [0.4, 0.5) is 13.2 Å². The van der Waals surface area contributed by atoms with Crippen molar-refractivity contribution in [1.29, 1.82) is 0 Å². The highest BCUT2D eigenvalue weighted by atomic mass is 19.4. The predicted molar refractivity (Wildman–Crippen MR) is 60.7 cm³/mol. The van der Waals surface area contributed by atoms with Crippen molar-refractivity contribution in [1.82, 2.24) is 5.32 Å². The third-order valence-electron chi connectivity index (χ3n) is 3.95. The zero-order valence-electron chi connectivity index (χ0n) is 9.81. The Morgan fingerprint density at radius 2 is 1.89 bits per heavy atom. The Morgan fingerprint density at radius 1 is 1.17 bits per heavy atom. The fourth-order valence-electron chi connectivity index (χ4n) is 2.94. The lowest BCUT2D eigenvalue weighted by Crippen LogP contribution is -2.40. The summed E-state index contributed by atoms with van der Waals surface area (Å²) in [6, 6.07) is 4.36. The fraction of sp³-hybridized carbons (Fsp3) is 0.538. The van der Waals surface area contributed by atoms with Crippen molar-refractivity contribution in [3.05, 3.63) is 29.3 Å². The van der Waals surface area contributed by atoms with Crippen LogP contribution in [0.2, 0.25) is 0 Å². The van der Waals surface area contributed by atoms with Crippen LogP contribution in [-0.2, 0) is 11.6 Å². The van der Waals surface area contributed by atoms with E-state index < -0.39 is 11.7 Å². The number of halogens is 3. The summed E-state index contributed by atoms with van der Waals surface area (Å²) < 4.78 is 44.1. The number of alkyl halides is 3. The number of rotatable bonds is 0. The van der Waals surface area contributed by atoms with Crippen LogP contribution < -0.4 is 10.1 Å². The van der Waals surface area contributed by atoms with Gasteiger partial charge in [0.2, 0.25) is 0 Å². The van der Waals surface area contributed by atoms with Crippen molar-refractivity contribution in [2.45, 2.75) is 24.4 Å². The van der Waals surface area contributed by atoms with Crippen LogP contribution in [0.5, 0.6) is 5.75 Å². The van der Waals surface area contributed by atoms with E-state index in [-0.39, 0.29) is 11.2 Å². The topological polar surface area (TPSA) is 21.3 Å². The van der Waals surface area contributed by atoms with Crippen LogP contribution in [0.25, 0.3) is 0 Å². The van der Waals surface area contributed by atoms with E-state index >= 15 is 0 Å². The molecule has 0 bridgehead atoms. The summed E-state index contributed by atoms with van der Waals surface area (Å²) in [5.41, 5.74) is -0.129. The standard InChI is InChI=1S/C13H14F3NO/c14-13(15,16)10-3-1-2-9-11(10)18-8-12(9)4-6-17-7-5-12/h1-3,17H,4-8H2. The SMILES string of the molecule is FC(F)(F)c1cccc2c1OCC21CCNCC1. The van der Waals surface area contributed by atoms with E-state index in [4.69, 9.17) is 4.74 Å². The second-order valence-electron chi connectivity index (χ2n) is 5.00. The summed E-state index contributed by atoms with van der Waals surface area (Å²) in [6.07, 6.45) is -2.67. The number of nitrogens with one attached hydrogen (secondary N) is 1. The van der Waals surface area contributed by atoms with Crippen molar-refractivity contribution >= 4 is 0 Å². The van der Waals surface area contributed by atoms with Gasteiger partial charge in [0, 0.05) is 11.0 Å². The molecule has 0 radical (unpaired) electrons. The molecule has 3 rings (SSSR count). The van der Waals surface area contributed by atoms with E-state index in [1.165, 1.54) is 6.07 Å². The van der Waals surface area contributed by atoms with Gasteiger partial charge in [0.25, 0.3) is 0 Å². The first kappa shape index (κ1) is 11.8. The highest BCUT2D eigenvalue weighted by molar-refractivity contribution is 5.50. The monoisotopic (exact) mass is 257 g/mol. The summed E-state index contributed by atoms with van der Waals surface area (Å²) in [6.45, 7) is 2.04. The maximum atomic E-state index is 12.9. The molecule has 2 heterocycles. The molecule has 0 unspecified atom stereocenters. The predicted octanol–water partition coefficient (Wildman–Crippen LogP) is 2.72. The first-order chi connectivity index (χ1) is 8.53. The van der Waals surface area contributed by atoms with E-state index in [0.717, 1.165) is 37.6 Å². The molecule has 1 aromatic carbocycles. The quantitative estimate of drug-likeness (QED) is 0.771. The Kier molecular flexibility index (Phi) is 2.55. The summed E-state index contributed by atoms with van der Waals surface area (Å²) >= 11 is 0. The highest BCUT2D eigenvalue weighted by Gasteiger charge is 2.46. The fourth-order valence-corrected chi connectivity index (χ4v) is 2.94. The molecule has 0 amide bonds. The molecule has 5 heteroatoms. The van der Waals surface area contributed by atoms with Gasteiger partial charge in [-0.15, -0.1) is 0 Å². The van der Waals surface area contributed by atoms with Gasteiger partial charge in [-0.3, -0.25) is 0 Å². The maximum absolute atomic E-state index is 12.9. The number of hydrogen-bond acceptors (Lipinski definition) is 2. The van der Waals surface area contributed by atoms with Crippen molar-refractivity contribution < 1.29 is 17.9 Å².